The van der Waals surface area contributed by atoms with Crippen LogP contribution in [0.3, 0.4) is 0 Å². The fourth-order valence-corrected chi connectivity index (χ4v) is 3.51. The van der Waals surface area contributed by atoms with Crippen molar-refractivity contribution in [3.63, 3.8) is 0 Å². The molecule has 0 bridgehead atoms. The highest BCUT2D eigenvalue weighted by atomic mass is 32.2. The van der Waals surface area contributed by atoms with Crippen molar-refractivity contribution in [3.8, 4) is 0 Å². The van der Waals surface area contributed by atoms with Gasteiger partial charge in [-0.05, 0) is 52.8 Å². The Morgan fingerprint density at radius 2 is 2.00 bits per heavy atom. The van der Waals surface area contributed by atoms with E-state index in [1.54, 1.807) is 45.4 Å². The molecule has 0 aliphatic carbocycles. The molecule has 0 spiro atoms. The summed E-state index contributed by atoms with van der Waals surface area (Å²) in [6, 6.07) is 4.43. The number of ether oxygens (including phenoxy) is 1. The van der Waals surface area contributed by atoms with Gasteiger partial charge in [-0.15, -0.1) is 5.10 Å². The zero-order valence-electron chi connectivity index (χ0n) is 15.6. The van der Waals surface area contributed by atoms with E-state index >= 15 is 0 Å². The molecule has 0 unspecified atom stereocenters. The lowest BCUT2D eigenvalue weighted by Crippen LogP contribution is -2.34. The predicted molar refractivity (Wildman–Crippen MR) is 97.2 cm³/mol. The third-order valence-electron chi connectivity index (χ3n) is 3.18. The van der Waals surface area contributed by atoms with Crippen LogP contribution in [-0.2, 0) is 21.3 Å². The van der Waals surface area contributed by atoms with Gasteiger partial charge in [0.1, 0.15) is 11.1 Å². The molecule has 2 N–H and O–H groups in total. The number of nitrogens with one attached hydrogen (secondary N) is 2. The largest absolute Gasteiger partial charge is 0.444 e. The maximum atomic E-state index is 12.2. The molecule has 0 saturated heterocycles. The lowest BCUT2D eigenvalue weighted by Gasteiger charge is -2.19. The Morgan fingerprint density at radius 1 is 1.31 bits per heavy atom. The molecule has 0 radical (unpaired) electrons. The van der Waals surface area contributed by atoms with Crippen molar-refractivity contribution in [1.29, 1.82) is 0 Å². The second kappa shape index (κ2) is 7.58. The van der Waals surface area contributed by atoms with Crippen molar-refractivity contribution < 1.29 is 17.9 Å². The average molecular weight is 383 g/mol. The van der Waals surface area contributed by atoms with Crippen LogP contribution in [0.5, 0.6) is 0 Å². The Morgan fingerprint density at radius 3 is 2.62 bits per heavy atom. The number of carbonyl (C=O) groups is 1. The number of rotatable bonds is 6. The number of amides is 1. The van der Waals surface area contributed by atoms with Crippen LogP contribution in [0.1, 0.15) is 34.6 Å². The number of alkyl carbamates (subject to hydrolysis) is 1. The first-order valence-electron chi connectivity index (χ1n) is 8.30. The van der Waals surface area contributed by atoms with Gasteiger partial charge in [0.25, 0.3) is 0 Å². The van der Waals surface area contributed by atoms with Gasteiger partial charge >= 0.3 is 6.09 Å². The first kappa shape index (κ1) is 20.1. The zero-order chi connectivity index (χ0) is 19.5. The van der Waals surface area contributed by atoms with E-state index in [0.717, 1.165) is 0 Å². The van der Waals surface area contributed by atoms with E-state index in [0.29, 0.717) is 24.1 Å². The van der Waals surface area contributed by atoms with Gasteiger partial charge < -0.3 is 10.1 Å². The zero-order valence-corrected chi connectivity index (χ0v) is 16.4. The van der Waals surface area contributed by atoms with Crippen molar-refractivity contribution in [2.75, 3.05) is 6.54 Å². The van der Waals surface area contributed by atoms with E-state index in [2.05, 4.69) is 20.4 Å². The Bertz CT molecular complexity index is 884. The van der Waals surface area contributed by atoms with Crippen molar-refractivity contribution in [1.82, 2.24) is 25.0 Å². The minimum Gasteiger partial charge on any atom is -0.444 e. The normalized spacial score (nSPS) is 12.5. The van der Waals surface area contributed by atoms with Crippen LogP contribution < -0.4 is 10.0 Å². The number of fused-ring (bicyclic) bond motifs is 1. The number of hydrogen-bond donors (Lipinski definition) is 2. The van der Waals surface area contributed by atoms with Crippen molar-refractivity contribution in [2.45, 2.75) is 57.7 Å². The Labute approximate surface area is 153 Å². The third kappa shape index (κ3) is 5.40. The Balaban J connectivity index is 2.06. The molecule has 10 heteroatoms. The van der Waals surface area contributed by atoms with E-state index < -0.39 is 21.7 Å². The Hall–Kier alpha value is -2.20. The average Bonchev–Trinajstić information content (AvgIpc) is 2.86. The van der Waals surface area contributed by atoms with Crippen molar-refractivity contribution >= 4 is 27.1 Å². The molecule has 1 heterocycles. The van der Waals surface area contributed by atoms with Gasteiger partial charge in [0.05, 0.1) is 17.0 Å². The van der Waals surface area contributed by atoms with Crippen molar-refractivity contribution in [2.24, 2.45) is 0 Å². The highest BCUT2D eigenvalue weighted by molar-refractivity contribution is 7.89. The predicted octanol–water partition coefficient (Wildman–Crippen LogP) is 1.64. The molecule has 2 rings (SSSR count). The van der Waals surface area contributed by atoms with Gasteiger partial charge in [-0.25, -0.2) is 22.6 Å². The smallest absolute Gasteiger partial charge is 0.407 e. The second-order valence-electron chi connectivity index (χ2n) is 7.17. The number of carbonyl (C=O) groups excluding carboxylic acids is 1. The number of aromatic nitrogens is 3. The molecule has 0 aliphatic heterocycles. The summed E-state index contributed by atoms with van der Waals surface area (Å²) in [7, 11) is -3.59. The Kier molecular flexibility index (Phi) is 5.87. The number of hydrogen-bond acceptors (Lipinski definition) is 6. The van der Waals surface area contributed by atoms with Crippen LogP contribution in [0.4, 0.5) is 4.79 Å². The molecular formula is C16H25N5O4S. The summed E-state index contributed by atoms with van der Waals surface area (Å²) in [6.45, 7) is 9.56. The van der Waals surface area contributed by atoms with Gasteiger partial charge in [-0.1, -0.05) is 5.21 Å². The molecule has 0 fully saturated rings. The van der Waals surface area contributed by atoms with Gasteiger partial charge in [0.2, 0.25) is 10.0 Å². The number of nitrogens with zero attached hydrogens (tertiary/aromatic N) is 3. The molecule has 2 aromatic rings. The summed E-state index contributed by atoms with van der Waals surface area (Å²) in [4.78, 5) is 11.8. The topological polar surface area (TPSA) is 115 Å². The van der Waals surface area contributed by atoms with E-state index in [1.807, 2.05) is 0 Å². The fraction of sp³-hybridized carbons (Fsp3) is 0.562. The molecule has 1 aromatic heterocycles. The molecule has 1 aromatic carbocycles. The van der Waals surface area contributed by atoms with E-state index in [9.17, 15) is 13.2 Å². The fourth-order valence-electron chi connectivity index (χ4n) is 2.24. The van der Waals surface area contributed by atoms with E-state index in [1.165, 1.54) is 12.1 Å². The lowest BCUT2D eigenvalue weighted by molar-refractivity contribution is 0.0525. The molecule has 144 valence electrons. The molecule has 0 aliphatic rings. The maximum Gasteiger partial charge on any atom is 0.407 e. The minimum absolute atomic E-state index is 0.137. The molecule has 26 heavy (non-hydrogen) atoms. The highest BCUT2D eigenvalue weighted by Gasteiger charge is 2.18. The molecule has 9 nitrogen and oxygen atoms in total. The van der Waals surface area contributed by atoms with E-state index in [4.69, 9.17) is 4.74 Å². The monoisotopic (exact) mass is 383 g/mol. The van der Waals surface area contributed by atoms with Gasteiger partial charge in [-0.3, -0.25) is 0 Å². The van der Waals surface area contributed by atoms with Gasteiger partial charge in [0.15, 0.2) is 0 Å². The summed E-state index contributed by atoms with van der Waals surface area (Å²) in [5.74, 6) is 0. The standard InChI is InChI=1S/C16H25N5O4S/c1-11(2)19-26(23,24)12-6-7-14-13(10-12)18-20-21(14)9-8-17-15(22)25-16(3,4)5/h6-7,10-11,19H,8-9H2,1-5H3,(H,17,22). The highest BCUT2D eigenvalue weighted by Crippen LogP contribution is 2.17. The molecule has 0 atom stereocenters. The van der Waals surface area contributed by atoms with Crippen LogP contribution in [0.15, 0.2) is 23.1 Å². The van der Waals surface area contributed by atoms with Crippen LogP contribution >= 0.6 is 0 Å². The second-order valence-corrected chi connectivity index (χ2v) is 8.88. The van der Waals surface area contributed by atoms with Crippen LogP contribution in [0.25, 0.3) is 11.0 Å². The molecule has 0 saturated carbocycles. The van der Waals surface area contributed by atoms with E-state index in [-0.39, 0.29) is 10.9 Å². The van der Waals surface area contributed by atoms with Crippen LogP contribution in [-0.4, -0.2) is 47.7 Å². The summed E-state index contributed by atoms with van der Waals surface area (Å²) in [6.07, 6.45) is -0.505. The molecular weight excluding hydrogens is 358 g/mol. The third-order valence-corrected chi connectivity index (χ3v) is 4.83. The summed E-state index contributed by atoms with van der Waals surface area (Å²) in [5.41, 5.74) is 0.587. The molecule has 1 amide bonds. The SMILES string of the molecule is CC(C)NS(=O)(=O)c1ccc2c(c1)nnn2CCNC(=O)OC(C)(C)C. The lowest BCUT2D eigenvalue weighted by atomic mass is 10.2. The maximum absolute atomic E-state index is 12.2. The van der Waals surface area contributed by atoms with Crippen LogP contribution in [0.2, 0.25) is 0 Å². The quantitative estimate of drug-likeness (QED) is 0.784. The van der Waals surface area contributed by atoms with Gasteiger partial charge in [-0.2, -0.15) is 0 Å². The summed E-state index contributed by atoms with van der Waals surface area (Å²) in [5, 5.41) is 10.7. The minimum atomic E-state index is -3.59. The first-order valence-corrected chi connectivity index (χ1v) is 9.79. The number of sulfonamides is 1. The van der Waals surface area contributed by atoms with Gasteiger partial charge in [0, 0.05) is 12.6 Å². The first-order chi connectivity index (χ1) is 12.0. The van der Waals surface area contributed by atoms with Crippen molar-refractivity contribution in [3.05, 3.63) is 18.2 Å². The summed E-state index contributed by atoms with van der Waals surface area (Å²) >= 11 is 0. The van der Waals surface area contributed by atoms with Crippen LogP contribution in [0, 0.1) is 0 Å². The number of benzene rings is 1. The summed E-state index contributed by atoms with van der Waals surface area (Å²) < 4.78 is 33.7.